The van der Waals surface area contributed by atoms with E-state index in [1.54, 1.807) is 6.20 Å². The van der Waals surface area contributed by atoms with Gasteiger partial charge >= 0.3 is 0 Å². The fourth-order valence-corrected chi connectivity index (χ4v) is 2.34. The van der Waals surface area contributed by atoms with E-state index in [2.05, 4.69) is 27.4 Å². The van der Waals surface area contributed by atoms with Crippen LogP contribution in [0.2, 0.25) is 0 Å². The van der Waals surface area contributed by atoms with E-state index >= 15 is 0 Å². The number of benzene rings is 1. The van der Waals surface area contributed by atoms with Crippen molar-refractivity contribution < 1.29 is 9.32 Å². The predicted molar refractivity (Wildman–Crippen MR) is 90.3 cm³/mol. The van der Waals surface area contributed by atoms with Crippen LogP contribution < -0.4 is 5.32 Å². The summed E-state index contributed by atoms with van der Waals surface area (Å²) in [5, 5.41) is 6.82. The predicted octanol–water partition coefficient (Wildman–Crippen LogP) is 3.27. The van der Waals surface area contributed by atoms with Crippen LogP contribution in [0, 0.1) is 0 Å². The molecule has 0 aliphatic rings. The third-order valence-electron chi connectivity index (χ3n) is 3.60. The second kappa shape index (κ2) is 7.50. The van der Waals surface area contributed by atoms with Gasteiger partial charge in [0, 0.05) is 24.7 Å². The minimum Gasteiger partial charge on any atom is -0.339 e. The Balaban J connectivity index is 1.58. The summed E-state index contributed by atoms with van der Waals surface area (Å²) < 4.78 is 5.18. The van der Waals surface area contributed by atoms with Gasteiger partial charge in [-0.15, -0.1) is 0 Å². The third kappa shape index (κ3) is 3.84. The van der Waals surface area contributed by atoms with Gasteiger partial charge in [-0.3, -0.25) is 9.78 Å². The molecule has 0 aliphatic carbocycles. The first-order chi connectivity index (χ1) is 11.8. The summed E-state index contributed by atoms with van der Waals surface area (Å²) in [7, 11) is 0. The van der Waals surface area contributed by atoms with Gasteiger partial charge in [0.2, 0.25) is 17.6 Å². The Morgan fingerprint density at radius 3 is 2.79 bits per heavy atom. The number of aryl methyl sites for hydroxylation is 2. The zero-order chi connectivity index (χ0) is 16.8. The number of amides is 1. The number of rotatable bonds is 6. The van der Waals surface area contributed by atoms with Gasteiger partial charge in [0.05, 0.1) is 0 Å². The van der Waals surface area contributed by atoms with Crippen molar-refractivity contribution in [3.8, 4) is 11.5 Å². The third-order valence-corrected chi connectivity index (χ3v) is 3.60. The van der Waals surface area contributed by atoms with Crippen LogP contribution in [-0.4, -0.2) is 21.0 Å². The maximum atomic E-state index is 12.1. The molecule has 0 spiro atoms. The quantitative estimate of drug-likeness (QED) is 0.753. The normalized spacial score (nSPS) is 10.5. The number of anilines is 1. The van der Waals surface area contributed by atoms with Crippen molar-refractivity contribution in [3.63, 3.8) is 0 Å². The molecular formula is C18H18N4O2. The van der Waals surface area contributed by atoms with Crippen molar-refractivity contribution in [2.24, 2.45) is 0 Å². The van der Waals surface area contributed by atoms with E-state index in [0.29, 0.717) is 23.8 Å². The Hall–Kier alpha value is -3.02. The van der Waals surface area contributed by atoms with Crippen molar-refractivity contribution in [2.75, 3.05) is 5.32 Å². The highest BCUT2D eigenvalue weighted by molar-refractivity contribution is 5.91. The number of hydrogen-bond acceptors (Lipinski definition) is 5. The lowest BCUT2D eigenvalue weighted by molar-refractivity contribution is -0.116. The van der Waals surface area contributed by atoms with Gasteiger partial charge in [0.1, 0.15) is 5.69 Å². The number of nitrogens with zero attached hydrogens (tertiary/aromatic N) is 3. The standard InChI is InChI=1S/C18H18N4O2/c1-2-13-7-3-4-8-14(13)20-16(23)10-11-17-21-18(22-24-17)15-9-5-6-12-19-15/h3-9,12H,2,10-11H2,1H3,(H,20,23). The Morgan fingerprint density at radius 1 is 1.17 bits per heavy atom. The van der Waals surface area contributed by atoms with E-state index in [1.165, 1.54) is 0 Å². The second-order valence-corrected chi connectivity index (χ2v) is 5.29. The van der Waals surface area contributed by atoms with Crippen LogP contribution in [0.25, 0.3) is 11.5 Å². The van der Waals surface area contributed by atoms with Gasteiger partial charge in [-0.05, 0) is 30.2 Å². The molecule has 24 heavy (non-hydrogen) atoms. The van der Waals surface area contributed by atoms with Crippen LogP contribution in [0.5, 0.6) is 0 Å². The van der Waals surface area contributed by atoms with Crippen LogP contribution in [0.15, 0.2) is 53.2 Å². The molecule has 3 rings (SSSR count). The number of carbonyl (C=O) groups excluding carboxylic acids is 1. The molecule has 1 N–H and O–H groups in total. The molecule has 122 valence electrons. The zero-order valence-electron chi connectivity index (χ0n) is 13.4. The van der Waals surface area contributed by atoms with Gasteiger partial charge < -0.3 is 9.84 Å². The van der Waals surface area contributed by atoms with Crippen LogP contribution >= 0.6 is 0 Å². The van der Waals surface area contributed by atoms with Crippen molar-refractivity contribution in [3.05, 3.63) is 60.1 Å². The Bertz CT molecular complexity index is 815. The number of carbonyl (C=O) groups is 1. The Morgan fingerprint density at radius 2 is 2.00 bits per heavy atom. The molecular weight excluding hydrogens is 304 g/mol. The second-order valence-electron chi connectivity index (χ2n) is 5.29. The molecule has 3 aromatic rings. The van der Waals surface area contributed by atoms with E-state index in [-0.39, 0.29) is 12.3 Å². The number of pyridine rings is 1. The van der Waals surface area contributed by atoms with Gasteiger partial charge in [-0.2, -0.15) is 4.98 Å². The Kier molecular flexibility index (Phi) is 4.96. The molecule has 0 radical (unpaired) electrons. The maximum absolute atomic E-state index is 12.1. The molecule has 0 aliphatic heterocycles. The lowest BCUT2D eigenvalue weighted by Crippen LogP contribution is -2.13. The minimum absolute atomic E-state index is 0.0755. The molecule has 0 saturated carbocycles. The first-order valence-electron chi connectivity index (χ1n) is 7.88. The Labute approximate surface area is 139 Å². The molecule has 0 atom stereocenters. The molecule has 0 bridgehead atoms. The fourth-order valence-electron chi connectivity index (χ4n) is 2.34. The van der Waals surface area contributed by atoms with Gasteiger partial charge in [-0.1, -0.05) is 36.3 Å². The molecule has 0 fully saturated rings. The lowest BCUT2D eigenvalue weighted by Gasteiger charge is -2.08. The van der Waals surface area contributed by atoms with E-state index in [0.717, 1.165) is 17.7 Å². The summed E-state index contributed by atoms with van der Waals surface area (Å²) in [4.78, 5) is 20.6. The van der Waals surface area contributed by atoms with E-state index in [4.69, 9.17) is 4.52 Å². The first kappa shape index (κ1) is 15.9. The zero-order valence-corrected chi connectivity index (χ0v) is 13.4. The average Bonchev–Trinajstić information content (AvgIpc) is 3.10. The monoisotopic (exact) mass is 322 g/mol. The van der Waals surface area contributed by atoms with Gasteiger partial charge in [-0.25, -0.2) is 0 Å². The lowest BCUT2D eigenvalue weighted by atomic mass is 10.1. The van der Waals surface area contributed by atoms with Crippen LogP contribution in [0.3, 0.4) is 0 Å². The summed E-state index contributed by atoms with van der Waals surface area (Å²) in [5.41, 5.74) is 2.61. The maximum Gasteiger partial charge on any atom is 0.227 e. The number of nitrogens with one attached hydrogen (secondary N) is 1. The topological polar surface area (TPSA) is 80.9 Å². The van der Waals surface area contributed by atoms with Crippen LogP contribution in [-0.2, 0) is 17.6 Å². The number of para-hydroxylation sites is 1. The van der Waals surface area contributed by atoms with Gasteiger partial charge in [0.15, 0.2) is 0 Å². The first-order valence-corrected chi connectivity index (χ1v) is 7.88. The van der Waals surface area contributed by atoms with E-state index in [1.807, 2.05) is 42.5 Å². The van der Waals surface area contributed by atoms with Crippen LogP contribution in [0.4, 0.5) is 5.69 Å². The summed E-state index contributed by atoms with van der Waals surface area (Å²) in [5.74, 6) is 0.783. The molecule has 1 aromatic carbocycles. The van der Waals surface area contributed by atoms with Crippen LogP contribution in [0.1, 0.15) is 24.8 Å². The molecule has 1 amide bonds. The smallest absolute Gasteiger partial charge is 0.227 e. The molecule has 0 unspecified atom stereocenters. The highest BCUT2D eigenvalue weighted by Gasteiger charge is 2.12. The summed E-state index contributed by atoms with van der Waals surface area (Å²) in [6, 6.07) is 13.3. The summed E-state index contributed by atoms with van der Waals surface area (Å²) >= 11 is 0. The van der Waals surface area contributed by atoms with Crippen molar-refractivity contribution in [1.29, 1.82) is 0 Å². The highest BCUT2D eigenvalue weighted by Crippen LogP contribution is 2.16. The van der Waals surface area contributed by atoms with Crippen molar-refractivity contribution in [1.82, 2.24) is 15.1 Å². The molecule has 2 heterocycles. The summed E-state index contributed by atoms with van der Waals surface area (Å²) in [6.07, 6.45) is 3.21. The molecule has 6 heteroatoms. The SMILES string of the molecule is CCc1ccccc1NC(=O)CCc1nc(-c2ccccn2)no1. The van der Waals surface area contributed by atoms with E-state index in [9.17, 15) is 4.79 Å². The minimum atomic E-state index is -0.0755. The van der Waals surface area contributed by atoms with E-state index < -0.39 is 0 Å². The largest absolute Gasteiger partial charge is 0.339 e. The molecule has 0 saturated heterocycles. The van der Waals surface area contributed by atoms with Crippen molar-refractivity contribution in [2.45, 2.75) is 26.2 Å². The molecule has 2 aromatic heterocycles. The fraction of sp³-hybridized carbons (Fsp3) is 0.222. The van der Waals surface area contributed by atoms with Crippen molar-refractivity contribution >= 4 is 11.6 Å². The number of aromatic nitrogens is 3. The summed E-state index contributed by atoms with van der Waals surface area (Å²) in [6.45, 7) is 2.06. The van der Waals surface area contributed by atoms with Gasteiger partial charge in [0.25, 0.3) is 0 Å². The molecule has 6 nitrogen and oxygen atoms in total. The highest BCUT2D eigenvalue weighted by atomic mass is 16.5. The average molecular weight is 322 g/mol. The number of hydrogen-bond donors (Lipinski definition) is 1.